The maximum absolute atomic E-state index is 5.40. The lowest BCUT2D eigenvalue weighted by atomic mass is 10.2. The van der Waals surface area contributed by atoms with Crippen LogP contribution in [0.15, 0.2) is 48.5 Å². The fourth-order valence-electron chi connectivity index (χ4n) is 4.46. The molecule has 0 aliphatic rings. The molecular formula is C29H48N3O2S+. The highest BCUT2D eigenvalue weighted by atomic mass is 32.1. The summed E-state index contributed by atoms with van der Waals surface area (Å²) in [7, 11) is 0. The molecule has 0 atom stereocenters. The number of thiocarbonyl (C=S) groups is 1. The van der Waals surface area contributed by atoms with Gasteiger partial charge >= 0.3 is 0 Å². The van der Waals surface area contributed by atoms with Gasteiger partial charge in [-0.1, -0.05) is 27.7 Å². The molecular weight excluding hydrogens is 454 g/mol. The van der Waals surface area contributed by atoms with E-state index in [2.05, 4.69) is 38.3 Å². The average molecular weight is 503 g/mol. The van der Waals surface area contributed by atoms with Gasteiger partial charge in [-0.25, -0.2) is 0 Å². The summed E-state index contributed by atoms with van der Waals surface area (Å²) in [5.74, 6) is 1.69. The minimum atomic E-state index is 0.535. The van der Waals surface area contributed by atoms with Crippen molar-refractivity contribution >= 4 is 28.7 Å². The minimum Gasteiger partial charge on any atom is -0.494 e. The topological polar surface area (TPSA) is 42.5 Å². The molecule has 0 unspecified atom stereocenters. The molecule has 0 radical (unpaired) electrons. The zero-order valence-corrected chi connectivity index (χ0v) is 23.7. The SMILES string of the molecule is CCC[N+](CCC)(CCC)CCC.CCOc1ccc(NC(=S)Nc2ccc(OCC)cc2)cc1. The van der Waals surface area contributed by atoms with Gasteiger partial charge in [0.1, 0.15) is 11.5 Å². The smallest absolute Gasteiger partial charge is 0.175 e. The van der Waals surface area contributed by atoms with Crippen molar-refractivity contribution in [1.29, 1.82) is 0 Å². The number of quaternary nitrogens is 1. The molecule has 0 aromatic heterocycles. The van der Waals surface area contributed by atoms with Crippen LogP contribution >= 0.6 is 12.2 Å². The van der Waals surface area contributed by atoms with Gasteiger partial charge in [-0.3, -0.25) is 0 Å². The fraction of sp³-hybridized carbons (Fsp3) is 0.552. The second-order valence-corrected chi connectivity index (χ2v) is 9.14. The van der Waals surface area contributed by atoms with Crippen LogP contribution in [0, 0.1) is 0 Å². The second kappa shape index (κ2) is 18.0. The average Bonchev–Trinajstić information content (AvgIpc) is 2.83. The van der Waals surface area contributed by atoms with E-state index in [1.807, 2.05) is 62.4 Å². The van der Waals surface area contributed by atoms with Crippen molar-refractivity contribution < 1.29 is 14.0 Å². The molecule has 0 aliphatic heterocycles. The Morgan fingerprint density at radius 2 is 0.914 bits per heavy atom. The lowest BCUT2D eigenvalue weighted by Gasteiger charge is -2.38. The number of hydrogen-bond acceptors (Lipinski definition) is 3. The maximum atomic E-state index is 5.40. The molecule has 0 aliphatic carbocycles. The second-order valence-electron chi connectivity index (χ2n) is 8.73. The molecule has 0 amide bonds. The van der Waals surface area contributed by atoms with Gasteiger partial charge in [0, 0.05) is 11.4 Å². The molecule has 0 heterocycles. The first kappa shape index (κ1) is 30.7. The summed E-state index contributed by atoms with van der Waals surface area (Å²) < 4.78 is 12.2. The Bertz CT molecular complexity index is 727. The van der Waals surface area contributed by atoms with E-state index >= 15 is 0 Å². The minimum absolute atomic E-state index is 0.535. The first-order valence-corrected chi connectivity index (χ1v) is 13.7. The van der Waals surface area contributed by atoms with Crippen LogP contribution < -0.4 is 20.1 Å². The van der Waals surface area contributed by atoms with Gasteiger partial charge < -0.3 is 24.6 Å². The molecule has 2 aromatic carbocycles. The van der Waals surface area contributed by atoms with Crippen LogP contribution in [-0.4, -0.2) is 49.0 Å². The van der Waals surface area contributed by atoms with E-state index in [1.54, 1.807) is 0 Å². The summed E-state index contributed by atoms with van der Waals surface area (Å²) in [6, 6.07) is 15.3. The van der Waals surface area contributed by atoms with E-state index in [0.29, 0.717) is 18.3 Å². The summed E-state index contributed by atoms with van der Waals surface area (Å²) in [6.45, 7) is 20.0. The number of hydrogen-bond donors (Lipinski definition) is 2. The molecule has 2 aromatic rings. The Labute approximate surface area is 219 Å². The van der Waals surface area contributed by atoms with Crippen LogP contribution in [0.5, 0.6) is 11.5 Å². The summed E-state index contributed by atoms with van der Waals surface area (Å²) >= 11 is 5.30. The maximum Gasteiger partial charge on any atom is 0.175 e. The predicted octanol–water partition coefficient (Wildman–Crippen LogP) is 7.74. The molecule has 0 saturated carbocycles. The van der Waals surface area contributed by atoms with Crippen molar-refractivity contribution in [1.82, 2.24) is 0 Å². The summed E-state index contributed by atoms with van der Waals surface area (Å²) in [6.07, 6.45) is 5.33. The van der Waals surface area contributed by atoms with Gasteiger partial charge in [-0.2, -0.15) is 0 Å². The molecule has 0 bridgehead atoms. The molecule has 35 heavy (non-hydrogen) atoms. The lowest BCUT2D eigenvalue weighted by molar-refractivity contribution is -0.928. The third-order valence-electron chi connectivity index (χ3n) is 5.64. The molecule has 6 heteroatoms. The van der Waals surface area contributed by atoms with E-state index in [4.69, 9.17) is 21.7 Å². The van der Waals surface area contributed by atoms with Gasteiger partial charge in [0.05, 0.1) is 39.4 Å². The number of nitrogens with one attached hydrogen (secondary N) is 2. The van der Waals surface area contributed by atoms with Crippen molar-refractivity contribution in [3.05, 3.63) is 48.5 Å². The lowest BCUT2D eigenvalue weighted by Crippen LogP contribution is -2.50. The Morgan fingerprint density at radius 1 is 0.600 bits per heavy atom. The third kappa shape index (κ3) is 12.3. The number of anilines is 2. The van der Waals surface area contributed by atoms with Crippen LogP contribution in [0.4, 0.5) is 11.4 Å². The van der Waals surface area contributed by atoms with Gasteiger partial charge in [0.15, 0.2) is 5.11 Å². The number of ether oxygens (including phenoxy) is 2. The zero-order valence-electron chi connectivity index (χ0n) is 22.9. The normalized spacial score (nSPS) is 10.7. The van der Waals surface area contributed by atoms with E-state index in [0.717, 1.165) is 22.9 Å². The van der Waals surface area contributed by atoms with Crippen LogP contribution in [0.3, 0.4) is 0 Å². The molecule has 2 N–H and O–H groups in total. The first-order valence-electron chi connectivity index (χ1n) is 13.3. The quantitative estimate of drug-likeness (QED) is 0.204. The van der Waals surface area contributed by atoms with Crippen molar-refractivity contribution in [2.24, 2.45) is 0 Å². The van der Waals surface area contributed by atoms with Crippen molar-refractivity contribution in [2.45, 2.75) is 67.2 Å². The van der Waals surface area contributed by atoms with Crippen LogP contribution in [0.2, 0.25) is 0 Å². The highest BCUT2D eigenvalue weighted by Gasteiger charge is 2.22. The van der Waals surface area contributed by atoms with Crippen molar-refractivity contribution in [3.63, 3.8) is 0 Å². The Kier molecular flexibility index (Phi) is 15.8. The largest absolute Gasteiger partial charge is 0.494 e. The molecule has 5 nitrogen and oxygen atoms in total. The van der Waals surface area contributed by atoms with Crippen LogP contribution in [-0.2, 0) is 0 Å². The number of benzene rings is 2. The van der Waals surface area contributed by atoms with Crippen molar-refractivity contribution in [3.8, 4) is 11.5 Å². The molecule has 0 fully saturated rings. The van der Waals surface area contributed by atoms with Gasteiger partial charge in [0.25, 0.3) is 0 Å². The number of nitrogens with zero attached hydrogens (tertiary/aromatic N) is 1. The highest BCUT2D eigenvalue weighted by Crippen LogP contribution is 2.18. The van der Waals surface area contributed by atoms with E-state index in [1.165, 1.54) is 56.3 Å². The number of rotatable bonds is 14. The summed E-state index contributed by atoms with van der Waals surface area (Å²) in [5.41, 5.74) is 1.82. The van der Waals surface area contributed by atoms with Crippen LogP contribution in [0.25, 0.3) is 0 Å². The Balaban J connectivity index is 0.000000405. The first-order chi connectivity index (χ1) is 16.9. The highest BCUT2D eigenvalue weighted by molar-refractivity contribution is 7.80. The molecule has 0 saturated heterocycles. The summed E-state index contributed by atoms with van der Waals surface area (Å²) in [5, 5.41) is 6.80. The molecule has 196 valence electrons. The van der Waals surface area contributed by atoms with E-state index < -0.39 is 0 Å². The van der Waals surface area contributed by atoms with E-state index in [9.17, 15) is 0 Å². The standard InChI is InChI=1S/C17H20N2O2S.C12H28N/c1-3-20-15-9-5-13(6-10-15)18-17(22)19-14-7-11-16(12-8-14)21-4-2;1-5-9-13(10-6-2,11-7-3)12-8-4/h5-12H,3-4H2,1-2H3,(H2,18,19,22);5-12H2,1-4H3/q;+1. The van der Waals surface area contributed by atoms with Gasteiger partial charge in [-0.15, -0.1) is 0 Å². The molecule has 2 rings (SSSR count). The monoisotopic (exact) mass is 502 g/mol. The van der Waals surface area contributed by atoms with Gasteiger partial charge in [-0.05, 0) is 100 Å². The fourth-order valence-corrected chi connectivity index (χ4v) is 4.70. The molecule has 0 spiro atoms. The van der Waals surface area contributed by atoms with Crippen molar-refractivity contribution in [2.75, 3.05) is 50.0 Å². The Morgan fingerprint density at radius 3 is 1.17 bits per heavy atom. The van der Waals surface area contributed by atoms with Gasteiger partial charge in [0.2, 0.25) is 0 Å². The van der Waals surface area contributed by atoms with Crippen LogP contribution in [0.1, 0.15) is 67.2 Å². The third-order valence-corrected chi connectivity index (χ3v) is 5.84. The Hall–Kier alpha value is -2.31. The predicted molar refractivity (Wildman–Crippen MR) is 156 cm³/mol. The zero-order chi connectivity index (χ0) is 25.9. The van der Waals surface area contributed by atoms with E-state index in [-0.39, 0.29) is 0 Å². The summed E-state index contributed by atoms with van der Waals surface area (Å²) in [4.78, 5) is 0.